The van der Waals surface area contributed by atoms with Gasteiger partial charge in [-0.05, 0) is 55.2 Å². The van der Waals surface area contributed by atoms with Crippen molar-refractivity contribution in [2.45, 2.75) is 39.8 Å². The molecule has 2 rings (SSSR count). The number of anilines is 1. The highest BCUT2D eigenvalue weighted by Crippen LogP contribution is 2.25. The Kier molecular flexibility index (Phi) is 8.86. The summed E-state index contributed by atoms with van der Waals surface area (Å²) in [6.45, 7) is 5.41. The van der Waals surface area contributed by atoms with Crippen molar-refractivity contribution < 1.29 is 18.0 Å². The quantitative estimate of drug-likeness (QED) is 0.545. The summed E-state index contributed by atoms with van der Waals surface area (Å²) in [7, 11) is -2.22. The van der Waals surface area contributed by atoms with Crippen LogP contribution in [0.25, 0.3) is 0 Å². The summed E-state index contributed by atoms with van der Waals surface area (Å²) in [4.78, 5) is 27.5. The van der Waals surface area contributed by atoms with Crippen molar-refractivity contribution in [3.8, 4) is 0 Å². The van der Waals surface area contributed by atoms with Crippen LogP contribution in [-0.4, -0.2) is 51.0 Å². The summed E-state index contributed by atoms with van der Waals surface area (Å²) in [6.07, 6.45) is 1.47. The van der Waals surface area contributed by atoms with Gasteiger partial charge in [0.25, 0.3) is 0 Å². The normalized spacial score (nSPS) is 12.2. The van der Waals surface area contributed by atoms with Gasteiger partial charge in [0.05, 0.1) is 11.9 Å². The molecule has 0 saturated heterocycles. The van der Waals surface area contributed by atoms with Crippen LogP contribution in [0, 0.1) is 13.8 Å². The minimum atomic E-state index is -3.75. The van der Waals surface area contributed by atoms with Crippen molar-refractivity contribution in [3.63, 3.8) is 0 Å². The fourth-order valence-electron chi connectivity index (χ4n) is 3.45. The van der Waals surface area contributed by atoms with E-state index >= 15 is 0 Å². The number of amides is 2. The highest BCUT2D eigenvalue weighted by Gasteiger charge is 2.31. The van der Waals surface area contributed by atoms with E-state index in [9.17, 15) is 18.0 Å². The number of likely N-dealkylation sites (N-methyl/N-ethyl adjacent to an activating group) is 1. The molecule has 7 nitrogen and oxygen atoms in total. The second-order valence-electron chi connectivity index (χ2n) is 7.69. The van der Waals surface area contributed by atoms with Gasteiger partial charge in [0.2, 0.25) is 21.8 Å². The van der Waals surface area contributed by atoms with Gasteiger partial charge in [0, 0.05) is 18.1 Å². The second kappa shape index (κ2) is 11.0. The monoisotopic (exact) mass is 523 g/mol. The molecule has 0 aromatic heterocycles. The molecule has 0 unspecified atom stereocenters. The van der Waals surface area contributed by atoms with Crippen LogP contribution in [0.5, 0.6) is 0 Å². The number of hydrogen-bond acceptors (Lipinski definition) is 4. The first-order valence-electron chi connectivity index (χ1n) is 10.3. The van der Waals surface area contributed by atoms with Crippen molar-refractivity contribution >= 4 is 43.5 Å². The van der Waals surface area contributed by atoms with Crippen molar-refractivity contribution in [1.29, 1.82) is 0 Å². The van der Waals surface area contributed by atoms with Crippen LogP contribution in [0.15, 0.2) is 46.9 Å². The standard InChI is InChI=1S/C23H30BrN3O4S/c1-6-21(23(29)25-4)26(14-18-10-8-7-9-16(18)2)22(28)15-27(32(5,30)31)19-11-12-20(24)17(3)13-19/h7-13,21H,6,14-15H2,1-5H3,(H,25,29)/t21-/m0/s1. The molecule has 1 N–H and O–H groups in total. The predicted octanol–water partition coefficient (Wildman–Crippen LogP) is 3.39. The van der Waals surface area contributed by atoms with E-state index in [1.807, 2.05) is 45.0 Å². The lowest BCUT2D eigenvalue weighted by atomic mass is 10.1. The maximum Gasteiger partial charge on any atom is 0.244 e. The molecule has 32 heavy (non-hydrogen) atoms. The number of carbonyl (C=O) groups excluding carboxylic acids is 2. The number of benzene rings is 2. The molecule has 0 heterocycles. The number of nitrogens with one attached hydrogen (secondary N) is 1. The summed E-state index contributed by atoms with van der Waals surface area (Å²) in [5.41, 5.74) is 3.12. The summed E-state index contributed by atoms with van der Waals surface area (Å²) in [5, 5.41) is 2.61. The fourth-order valence-corrected chi connectivity index (χ4v) is 4.54. The molecule has 0 spiro atoms. The average Bonchev–Trinajstić information content (AvgIpc) is 2.74. The van der Waals surface area contributed by atoms with Crippen LogP contribution >= 0.6 is 15.9 Å². The van der Waals surface area contributed by atoms with E-state index in [-0.39, 0.29) is 12.5 Å². The third-order valence-corrected chi connectivity index (χ3v) is 7.37. The molecule has 1 atom stereocenters. The number of hydrogen-bond donors (Lipinski definition) is 1. The SMILES string of the molecule is CC[C@@H](C(=O)NC)N(Cc1ccccc1C)C(=O)CN(c1ccc(Br)c(C)c1)S(C)(=O)=O. The molecule has 0 radical (unpaired) electrons. The second-order valence-corrected chi connectivity index (χ2v) is 10.5. The van der Waals surface area contributed by atoms with Gasteiger partial charge in [0.15, 0.2) is 0 Å². The van der Waals surface area contributed by atoms with E-state index in [4.69, 9.17) is 0 Å². The molecule has 0 aliphatic carbocycles. The molecular formula is C23H30BrN3O4S. The first-order chi connectivity index (χ1) is 15.0. The van der Waals surface area contributed by atoms with Crippen LogP contribution in [0.1, 0.15) is 30.0 Å². The summed E-state index contributed by atoms with van der Waals surface area (Å²) >= 11 is 3.41. The Morgan fingerprint density at radius 1 is 1.09 bits per heavy atom. The van der Waals surface area contributed by atoms with Gasteiger partial charge in [-0.2, -0.15) is 0 Å². The molecular weight excluding hydrogens is 494 g/mol. The molecule has 0 saturated carbocycles. The summed E-state index contributed by atoms with van der Waals surface area (Å²) in [5.74, 6) is -0.741. The van der Waals surface area contributed by atoms with Crippen LogP contribution < -0.4 is 9.62 Å². The molecule has 0 aliphatic heterocycles. The first-order valence-corrected chi connectivity index (χ1v) is 12.9. The molecule has 0 fully saturated rings. The number of sulfonamides is 1. The molecule has 0 aliphatic rings. The fraction of sp³-hybridized carbons (Fsp3) is 0.391. The van der Waals surface area contributed by atoms with E-state index in [0.29, 0.717) is 12.1 Å². The Balaban J connectivity index is 2.46. The van der Waals surface area contributed by atoms with Crippen molar-refractivity contribution in [1.82, 2.24) is 10.2 Å². The number of nitrogens with zero attached hydrogens (tertiary/aromatic N) is 2. The summed E-state index contributed by atoms with van der Waals surface area (Å²) in [6, 6.07) is 12.0. The number of carbonyl (C=O) groups is 2. The topological polar surface area (TPSA) is 86.8 Å². The van der Waals surface area contributed by atoms with Gasteiger partial charge in [-0.25, -0.2) is 8.42 Å². The Morgan fingerprint density at radius 3 is 2.28 bits per heavy atom. The zero-order valence-electron chi connectivity index (χ0n) is 19.1. The number of aryl methyl sites for hydroxylation is 2. The lowest BCUT2D eigenvalue weighted by Gasteiger charge is -2.33. The largest absolute Gasteiger partial charge is 0.357 e. The Morgan fingerprint density at radius 2 is 1.75 bits per heavy atom. The van der Waals surface area contributed by atoms with Gasteiger partial charge >= 0.3 is 0 Å². The molecule has 9 heteroatoms. The minimum absolute atomic E-state index is 0.203. The highest BCUT2D eigenvalue weighted by atomic mass is 79.9. The smallest absolute Gasteiger partial charge is 0.244 e. The van der Waals surface area contributed by atoms with Crippen molar-refractivity contribution in [2.75, 3.05) is 24.2 Å². The summed E-state index contributed by atoms with van der Waals surface area (Å²) < 4.78 is 27.1. The Bertz CT molecular complexity index is 1090. The molecule has 174 valence electrons. The van der Waals surface area contributed by atoms with Gasteiger partial charge in [-0.15, -0.1) is 0 Å². The van der Waals surface area contributed by atoms with Gasteiger partial charge in [-0.3, -0.25) is 13.9 Å². The average molecular weight is 524 g/mol. The molecule has 2 aromatic carbocycles. The molecule has 0 bridgehead atoms. The van der Waals surface area contributed by atoms with Crippen molar-refractivity contribution in [2.24, 2.45) is 0 Å². The van der Waals surface area contributed by atoms with Gasteiger partial charge in [0.1, 0.15) is 12.6 Å². The van der Waals surface area contributed by atoms with E-state index in [1.54, 1.807) is 18.2 Å². The van der Waals surface area contributed by atoms with E-state index in [0.717, 1.165) is 31.7 Å². The van der Waals surface area contributed by atoms with Crippen LogP contribution in [0.4, 0.5) is 5.69 Å². The Labute approximate surface area is 199 Å². The van der Waals surface area contributed by atoms with Crippen LogP contribution in [-0.2, 0) is 26.2 Å². The van der Waals surface area contributed by atoms with E-state index in [1.165, 1.54) is 11.9 Å². The Hall–Kier alpha value is -2.39. The number of halogens is 1. The number of rotatable bonds is 9. The van der Waals surface area contributed by atoms with Crippen LogP contribution in [0.2, 0.25) is 0 Å². The predicted molar refractivity (Wildman–Crippen MR) is 131 cm³/mol. The van der Waals surface area contributed by atoms with Crippen LogP contribution in [0.3, 0.4) is 0 Å². The lowest BCUT2D eigenvalue weighted by Crippen LogP contribution is -2.51. The third kappa shape index (κ3) is 6.32. The van der Waals surface area contributed by atoms with Crippen molar-refractivity contribution in [3.05, 3.63) is 63.6 Å². The minimum Gasteiger partial charge on any atom is -0.357 e. The zero-order valence-corrected chi connectivity index (χ0v) is 21.5. The molecule has 2 amide bonds. The van der Waals surface area contributed by atoms with E-state index in [2.05, 4.69) is 21.2 Å². The molecule has 2 aromatic rings. The first kappa shape index (κ1) is 25.9. The lowest BCUT2D eigenvalue weighted by molar-refractivity contribution is -0.140. The zero-order chi connectivity index (χ0) is 24.1. The van der Waals surface area contributed by atoms with E-state index < -0.39 is 28.5 Å². The highest BCUT2D eigenvalue weighted by molar-refractivity contribution is 9.10. The van der Waals surface area contributed by atoms with Gasteiger partial charge < -0.3 is 10.2 Å². The van der Waals surface area contributed by atoms with Gasteiger partial charge in [-0.1, -0.05) is 47.1 Å². The maximum absolute atomic E-state index is 13.5. The third-order valence-electron chi connectivity index (χ3n) is 5.34. The maximum atomic E-state index is 13.5.